The summed E-state index contributed by atoms with van der Waals surface area (Å²) in [6, 6.07) is 6.19. The lowest BCUT2D eigenvalue weighted by Gasteiger charge is -2.14. The molecule has 124 valence electrons. The van der Waals surface area contributed by atoms with Crippen LogP contribution in [-0.4, -0.2) is 36.4 Å². The Bertz CT molecular complexity index is 663. The predicted octanol–water partition coefficient (Wildman–Crippen LogP) is 1.64. The molecule has 0 aliphatic heterocycles. The van der Waals surface area contributed by atoms with Crippen molar-refractivity contribution in [2.45, 2.75) is 19.9 Å². The molecular weight excluding hydrogens is 290 g/mol. The summed E-state index contributed by atoms with van der Waals surface area (Å²) in [5, 5.41) is 10.8. The van der Waals surface area contributed by atoms with Gasteiger partial charge in [0.1, 0.15) is 5.75 Å². The average Bonchev–Trinajstić information content (AvgIpc) is 2.96. The average molecular weight is 315 g/mol. The lowest BCUT2D eigenvalue weighted by molar-refractivity contribution is 0.408. The molecule has 0 fully saturated rings. The zero-order valence-electron chi connectivity index (χ0n) is 14.3. The first-order chi connectivity index (χ1) is 11.1. The number of aliphatic imine (C=N–C) groups is 1. The molecular formula is C17H25N5O. The van der Waals surface area contributed by atoms with Crippen molar-refractivity contribution >= 4 is 5.96 Å². The molecule has 0 saturated heterocycles. The fraction of sp³-hybridized carbons (Fsp3) is 0.412. The highest BCUT2D eigenvalue weighted by molar-refractivity contribution is 5.79. The summed E-state index contributed by atoms with van der Waals surface area (Å²) >= 11 is 0. The van der Waals surface area contributed by atoms with Gasteiger partial charge in [0.15, 0.2) is 5.96 Å². The van der Waals surface area contributed by atoms with Gasteiger partial charge in [-0.05, 0) is 30.5 Å². The molecule has 1 aromatic carbocycles. The Morgan fingerprint density at radius 3 is 2.83 bits per heavy atom. The van der Waals surface area contributed by atoms with Crippen molar-refractivity contribution in [3.05, 3.63) is 47.3 Å². The number of rotatable bonds is 6. The number of hydrogen-bond donors (Lipinski definition) is 2. The maximum Gasteiger partial charge on any atom is 0.191 e. The second-order valence-corrected chi connectivity index (χ2v) is 5.44. The van der Waals surface area contributed by atoms with Crippen LogP contribution in [0, 0.1) is 6.92 Å². The normalized spacial score (nSPS) is 11.4. The van der Waals surface area contributed by atoms with Crippen LogP contribution in [0.15, 0.2) is 35.6 Å². The molecule has 6 heteroatoms. The van der Waals surface area contributed by atoms with Crippen molar-refractivity contribution in [1.82, 2.24) is 20.4 Å². The van der Waals surface area contributed by atoms with E-state index in [4.69, 9.17) is 4.74 Å². The number of aryl methyl sites for hydroxylation is 2. The molecule has 0 unspecified atom stereocenters. The van der Waals surface area contributed by atoms with Gasteiger partial charge in [-0.25, -0.2) is 0 Å². The molecule has 2 rings (SSSR count). The molecule has 2 N–H and O–H groups in total. The second kappa shape index (κ2) is 8.22. The smallest absolute Gasteiger partial charge is 0.191 e. The van der Waals surface area contributed by atoms with Gasteiger partial charge in [-0.2, -0.15) is 5.10 Å². The van der Waals surface area contributed by atoms with Gasteiger partial charge in [0.05, 0.1) is 13.3 Å². The SMILES string of the molecule is CN=C(NCCc1cnn(C)c1)NCc1ccc(C)cc1OC. The van der Waals surface area contributed by atoms with Gasteiger partial charge < -0.3 is 15.4 Å². The van der Waals surface area contributed by atoms with Crippen LogP contribution in [-0.2, 0) is 20.0 Å². The zero-order chi connectivity index (χ0) is 16.7. The Morgan fingerprint density at radius 2 is 2.17 bits per heavy atom. The van der Waals surface area contributed by atoms with E-state index in [1.54, 1.807) is 14.2 Å². The van der Waals surface area contributed by atoms with E-state index in [9.17, 15) is 0 Å². The fourth-order valence-corrected chi connectivity index (χ4v) is 2.32. The molecule has 1 heterocycles. The highest BCUT2D eigenvalue weighted by Gasteiger charge is 2.05. The number of methoxy groups -OCH3 is 1. The van der Waals surface area contributed by atoms with E-state index in [2.05, 4.69) is 39.8 Å². The number of guanidine groups is 1. The van der Waals surface area contributed by atoms with E-state index in [0.717, 1.165) is 30.2 Å². The van der Waals surface area contributed by atoms with Crippen LogP contribution in [0.25, 0.3) is 0 Å². The topological polar surface area (TPSA) is 63.5 Å². The van der Waals surface area contributed by atoms with E-state index in [-0.39, 0.29) is 0 Å². The molecule has 0 aliphatic rings. The molecule has 0 amide bonds. The van der Waals surface area contributed by atoms with Crippen molar-refractivity contribution in [1.29, 1.82) is 0 Å². The first-order valence-electron chi connectivity index (χ1n) is 7.68. The Labute approximate surface area is 137 Å². The highest BCUT2D eigenvalue weighted by Crippen LogP contribution is 2.19. The van der Waals surface area contributed by atoms with E-state index in [1.165, 1.54) is 11.1 Å². The summed E-state index contributed by atoms with van der Waals surface area (Å²) in [5.74, 6) is 1.67. The van der Waals surface area contributed by atoms with E-state index in [0.29, 0.717) is 6.54 Å². The number of benzene rings is 1. The molecule has 6 nitrogen and oxygen atoms in total. The van der Waals surface area contributed by atoms with Gasteiger partial charge in [0, 0.05) is 38.9 Å². The van der Waals surface area contributed by atoms with Crippen molar-refractivity contribution in [3.8, 4) is 5.75 Å². The quantitative estimate of drug-likeness (QED) is 0.628. The van der Waals surface area contributed by atoms with Crippen LogP contribution >= 0.6 is 0 Å². The molecule has 1 aromatic heterocycles. The lowest BCUT2D eigenvalue weighted by Crippen LogP contribution is -2.37. The predicted molar refractivity (Wildman–Crippen MR) is 92.8 cm³/mol. The monoisotopic (exact) mass is 315 g/mol. The van der Waals surface area contributed by atoms with Gasteiger partial charge in [0.25, 0.3) is 0 Å². The third-order valence-electron chi connectivity index (χ3n) is 3.58. The van der Waals surface area contributed by atoms with Crippen LogP contribution in [0.2, 0.25) is 0 Å². The largest absolute Gasteiger partial charge is 0.496 e. The standard InChI is InChI=1S/C17H25N5O/c1-13-5-6-15(16(9-13)23-4)11-20-17(18-2)19-8-7-14-10-21-22(3)12-14/h5-6,9-10,12H,7-8,11H2,1-4H3,(H2,18,19,20). The minimum absolute atomic E-state index is 0.663. The second-order valence-electron chi connectivity index (χ2n) is 5.44. The van der Waals surface area contributed by atoms with Crippen molar-refractivity contribution in [3.63, 3.8) is 0 Å². The first-order valence-corrected chi connectivity index (χ1v) is 7.68. The summed E-state index contributed by atoms with van der Waals surface area (Å²) in [5.41, 5.74) is 3.49. The molecule has 0 aliphatic carbocycles. The van der Waals surface area contributed by atoms with E-state index in [1.807, 2.05) is 30.2 Å². The fourth-order valence-electron chi connectivity index (χ4n) is 2.32. The van der Waals surface area contributed by atoms with Crippen LogP contribution in [0.5, 0.6) is 5.75 Å². The Hall–Kier alpha value is -2.50. The maximum absolute atomic E-state index is 5.42. The summed E-state index contributed by atoms with van der Waals surface area (Å²) in [7, 11) is 5.39. The minimum atomic E-state index is 0.663. The minimum Gasteiger partial charge on any atom is -0.496 e. The van der Waals surface area contributed by atoms with Gasteiger partial charge in [0.2, 0.25) is 0 Å². The number of nitrogens with zero attached hydrogens (tertiary/aromatic N) is 3. The van der Waals surface area contributed by atoms with Crippen molar-refractivity contribution < 1.29 is 4.74 Å². The van der Waals surface area contributed by atoms with Crippen molar-refractivity contribution in [2.75, 3.05) is 20.7 Å². The summed E-state index contributed by atoms with van der Waals surface area (Å²) in [4.78, 5) is 4.25. The maximum atomic E-state index is 5.42. The van der Waals surface area contributed by atoms with Crippen LogP contribution in [0.3, 0.4) is 0 Å². The van der Waals surface area contributed by atoms with Gasteiger partial charge in [-0.1, -0.05) is 12.1 Å². The van der Waals surface area contributed by atoms with Crippen molar-refractivity contribution in [2.24, 2.45) is 12.0 Å². The summed E-state index contributed by atoms with van der Waals surface area (Å²) < 4.78 is 7.24. The van der Waals surface area contributed by atoms with Gasteiger partial charge >= 0.3 is 0 Å². The number of nitrogens with one attached hydrogen (secondary N) is 2. The third kappa shape index (κ3) is 5.02. The van der Waals surface area contributed by atoms with Gasteiger partial charge in [-0.15, -0.1) is 0 Å². The highest BCUT2D eigenvalue weighted by atomic mass is 16.5. The number of ether oxygens (including phenoxy) is 1. The Kier molecular flexibility index (Phi) is 6.02. The molecule has 0 spiro atoms. The molecule has 0 radical (unpaired) electrons. The summed E-state index contributed by atoms with van der Waals surface area (Å²) in [6.45, 7) is 3.52. The van der Waals surface area contributed by atoms with Crippen LogP contribution in [0.4, 0.5) is 0 Å². The van der Waals surface area contributed by atoms with Gasteiger partial charge in [-0.3, -0.25) is 9.67 Å². The Balaban J connectivity index is 1.83. The molecule has 23 heavy (non-hydrogen) atoms. The van der Waals surface area contributed by atoms with E-state index >= 15 is 0 Å². The lowest BCUT2D eigenvalue weighted by atomic mass is 10.1. The molecule has 0 atom stereocenters. The molecule has 0 saturated carbocycles. The molecule has 2 aromatic rings. The zero-order valence-corrected chi connectivity index (χ0v) is 14.3. The Morgan fingerprint density at radius 1 is 1.35 bits per heavy atom. The van der Waals surface area contributed by atoms with Crippen LogP contribution < -0.4 is 15.4 Å². The number of hydrogen-bond acceptors (Lipinski definition) is 3. The number of aromatic nitrogens is 2. The first kappa shape index (κ1) is 16.9. The summed E-state index contributed by atoms with van der Waals surface area (Å²) in [6.07, 6.45) is 4.81. The van der Waals surface area contributed by atoms with Crippen LogP contribution in [0.1, 0.15) is 16.7 Å². The third-order valence-corrected chi connectivity index (χ3v) is 3.58. The molecule has 0 bridgehead atoms. The van der Waals surface area contributed by atoms with E-state index < -0.39 is 0 Å².